The van der Waals surface area contributed by atoms with E-state index < -0.39 is 0 Å². The van der Waals surface area contributed by atoms with Crippen LogP contribution in [0.3, 0.4) is 0 Å². The number of hydrogen-bond acceptors (Lipinski definition) is 6. The Balaban J connectivity index is 2.14. The van der Waals surface area contributed by atoms with Crippen LogP contribution in [0.25, 0.3) is 0 Å². The van der Waals surface area contributed by atoms with Gasteiger partial charge in [0.1, 0.15) is 11.5 Å². The number of halogens is 1. The Hall–Kier alpha value is -2.25. The zero-order chi connectivity index (χ0) is 20.0. The van der Waals surface area contributed by atoms with Crippen molar-refractivity contribution >= 4 is 35.0 Å². The van der Waals surface area contributed by atoms with Crippen molar-refractivity contribution in [1.82, 2.24) is 0 Å². The highest BCUT2D eigenvalue weighted by Gasteiger charge is 2.19. The molecule has 0 aliphatic carbocycles. The number of ether oxygens (including phenoxy) is 4. The number of amides is 1. The van der Waals surface area contributed by atoms with Gasteiger partial charge in [0.25, 0.3) is 0 Å². The lowest BCUT2D eigenvalue weighted by molar-refractivity contribution is -0.115. The predicted octanol–water partition coefficient (Wildman–Crippen LogP) is 4.49. The molecular weight excluding hydrogens is 390 g/mol. The number of benzene rings is 2. The predicted molar refractivity (Wildman–Crippen MR) is 108 cm³/mol. The molecule has 1 atom stereocenters. The largest absolute Gasteiger partial charge is 0.495 e. The van der Waals surface area contributed by atoms with E-state index in [0.29, 0.717) is 33.7 Å². The Kier molecular flexibility index (Phi) is 7.50. The zero-order valence-corrected chi connectivity index (χ0v) is 17.4. The summed E-state index contributed by atoms with van der Waals surface area (Å²) < 4.78 is 21.0. The van der Waals surface area contributed by atoms with E-state index in [-0.39, 0.29) is 11.2 Å². The molecule has 0 unspecified atom stereocenters. The highest BCUT2D eigenvalue weighted by Crippen LogP contribution is 2.37. The van der Waals surface area contributed by atoms with Crippen molar-refractivity contribution in [2.75, 3.05) is 33.8 Å². The lowest BCUT2D eigenvalue weighted by atomic mass is 10.2. The third-order valence-corrected chi connectivity index (χ3v) is 5.16. The fourth-order valence-corrected chi connectivity index (χ4v) is 3.47. The van der Waals surface area contributed by atoms with Gasteiger partial charge in [-0.05, 0) is 25.1 Å². The second-order valence-electron chi connectivity index (χ2n) is 5.45. The summed E-state index contributed by atoms with van der Waals surface area (Å²) in [5, 5.41) is 2.89. The molecule has 146 valence electrons. The second kappa shape index (κ2) is 9.62. The standard InChI is InChI=1S/C19H22ClNO5S/c1-11(27-12-6-7-15(23-2)18(8-12)26-5)19(22)21-14-10-16(24-3)13(20)9-17(14)25-4/h6-11H,1-5H3,(H,21,22)/t11-/m0/s1. The van der Waals surface area contributed by atoms with E-state index in [1.165, 1.54) is 26.0 Å². The molecule has 0 aromatic heterocycles. The summed E-state index contributed by atoms with van der Waals surface area (Å²) >= 11 is 7.50. The number of nitrogens with one attached hydrogen (secondary N) is 1. The average Bonchev–Trinajstić information content (AvgIpc) is 2.68. The number of methoxy groups -OCH3 is 4. The monoisotopic (exact) mass is 411 g/mol. The molecule has 0 radical (unpaired) electrons. The van der Waals surface area contributed by atoms with Gasteiger partial charge in [0.05, 0.1) is 44.4 Å². The summed E-state index contributed by atoms with van der Waals surface area (Å²) in [5.41, 5.74) is 0.489. The molecule has 1 N–H and O–H groups in total. The molecule has 2 aromatic carbocycles. The van der Waals surface area contributed by atoms with Gasteiger partial charge in [0, 0.05) is 17.0 Å². The summed E-state index contributed by atoms with van der Waals surface area (Å²) in [7, 11) is 6.17. The first-order valence-electron chi connectivity index (χ1n) is 8.04. The lowest BCUT2D eigenvalue weighted by Crippen LogP contribution is -2.22. The summed E-state index contributed by atoms with van der Waals surface area (Å²) in [6.45, 7) is 1.82. The van der Waals surface area contributed by atoms with Crippen LogP contribution in [-0.4, -0.2) is 39.6 Å². The first-order valence-corrected chi connectivity index (χ1v) is 9.30. The van der Waals surface area contributed by atoms with E-state index in [9.17, 15) is 4.79 Å². The average molecular weight is 412 g/mol. The van der Waals surface area contributed by atoms with Crippen molar-refractivity contribution < 1.29 is 23.7 Å². The first kappa shape index (κ1) is 21.1. The van der Waals surface area contributed by atoms with Crippen LogP contribution in [0.5, 0.6) is 23.0 Å². The Morgan fingerprint density at radius 1 is 0.926 bits per heavy atom. The number of rotatable bonds is 8. The van der Waals surface area contributed by atoms with Gasteiger partial charge in [-0.3, -0.25) is 4.79 Å². The minimum atomic E-state index is -0.366. The van der Waals surface area contributed by atoms with E-state index in [1.807, 2.05) is 19.1 Å². The van der Waals surface area contributed by atoms with Crippen molar-refractivity contribution in [2.24, 2.45) is 0 Å². The topological polar surface area (TPSA) is 66.0 Å². The molecular formula is C19H22ClNO5S. The molecule has 0 saturated heterocycles. The van der Waals surface area contributed by atoms with Gasteiger partial charge in [0.15, 0.2) is 11.5 Å². The maximum atomic E-state index is 12.6. The number of anilines is 1. The van der Waals surface area contributed by atoms with E-state index in [0.717, 1.165) is 4.90 Å². The summed E-state index contributed by atoms with van der Waals surface area (Å²) in [4.78, 5) is 13.5. The van der Waals surface area contributed by atoms with Crippen molar-refractivity contribution in [1.29, 1.82) is 0 Å². The lowest BCUT2D eigenvalue weighted by Gasteiger charge is -2.16. The Labute approximate surface area is 168 Å². The van der Waals surface area contributed by atoms with Crippen LogP contribution in [0, 0.1) is 0 Å². The van der Waals surface area contributed by atoms with Crippen molar-refractivity contribution in [3.8, 4) is 23.0 Å². The van der Waals surface area contributed by atoms with Crippen LogP contribution in [-0.2, 0) is 4.79 Å². The van der Waals surface area contributed by atoms with Crippen LogP contribution >= 0.6 is 23.4 Å². The molecule has 0 saturated carbocycles. The summed E-state index contributed by atoms with van der Waals surface area (Å²) in [6, 6.07) is 8.74. The molecule has 0 bridgehead atoms. The van der Waals surface area contributed by atoms with Gasteiger partial charge >= 0.3 is 0 Å². The fourth-order valence-electron chi connectivity index (χ4n) is 2.34. The Morgan fingerprint density at radius 2 is 1.56 bits per heavy atom. The van der Waals surface area contributed by atoms with Gasteiger partial charge in [0.2, 0.25) is 5.91 Å². The molecule has 8 heteroatoms. The van der Waals surface area contributed by atoms with Crippen LogP contribution in [0.15, 0.2) is 35.2 Å². The molecule has 6 nitrogen and oxygen atoms in total. The van der Waals surface area contributed by atoms with Gasteiger partial charge in [-0.2, -0.15) is 0 Å². The van der Waals surface area contributed by atoms with Crippen molar-refractivity contribution in [2.45, 2.75) is 17.1 Å². The summed E-state index contributed by atoms with van der Waals surface area (Å²) in [5.74, 6) is 1.97. The Bertz CT molecular complexity index is 815. The molecule has 2 aromatic rings. The molecule has 1 amide bonds. The fraction of sp³-hybridized carbons (Fsp3) is 0.316. The first-order chi connectivity index (χ1) is 12.9. The molecule has 0 fully saturated rings. The molecule has 2 rings (SSSR count). The molecule has 0 heterocycles. The SMILES string of the molecule is COc1cc(NC(=O)[C@H](C)Sc2ccc(OC)c(OC)c2)c(OC)cc1Cl. The van der Waals surface area contributed by atoms with E-state index >= 15 is 0 Å². The van der Waals surface area contributed by atoms with Crippen molar-refractivity contribution in [3.05, 3.63) is 35.4 Å². The number of carbonyl (C=O) groups excluding carboxylic acids is 1. The zero-order valence-electron chi connectivity index (χ0n) is 15.8. The number of hydrogen-bond donors (Lipinski definition) is 1. The third kappa shape index (κ3) is 5.14. The Morgan fingerprint density at radius 3 is 2.15 bits per heavy atom. The van der Waals surface area contributed by atoms with Crippen LogP contribution in [0.2, 0.25) is 5.02 Å². The van der Waals surface area contributed by atoms with Crippen LogP contribution < -0.4 is 24.3 Å². The van der Waals surface area contributed by atoms with Crippen LogP contribution in [0.1, 0.15) is 6.92 Å². The maximum absolute atomic E-state index is 12.6. The van der Waals surface area contributed by atoms with E-state index in [1.54, 1.807) is 32.4 Å². The van der Waals surface area contributed by atoms with E-state index in [4.69, 9.17) is 30.5 Å². The maximum Gasteiger partial charge on any atom is 0.237 e. The number of thioether (sulfide) groups is 1. The molecule has 0 aliphatic heterocycles. The minimum Gasteiger partial charge on any atom is -0.495 e. The molecule has 0 aliphatic rings. The quantitative estimate of drug-likeness (QED) is 0.645. The smallest absolute Gasteiger partial charge is 0.237 e. The van der Waals surface area contributed by atoms with Crippen molar-refractivity contribution in [3.63, 3.8) is 0 Å². The highest BCUT2D eigenvalue weighted by molar-refractivity contribution is 8.00. The third-order valence-electron chi connectivity index (χ3n) is 3.77. The summed E-state index contributed by atoms with van der Waals surface area (Å²) in [6.07, 6.45) is 0. The van der Waals surface area contributed by atoms with Gasteiger partial charge < -0.3 is 24.3 Å². The van der Waals surface area contributed by atoms with Crippen LogP contribution in [0.4, 0.5) is 5.69 Å². The normalized spacial score (nSPS) is 11.5. The highest BCUT2D eigenvalue weighted by atomic mass is 35.5. The number of carbonyl (C=O) groups is 1. The van der Waals surface area contributed by atoms with Gasteiger partial charge in [-0.25, -0.2) is 0 Å². The molecule has 27 heavy (non-hydrogen) atoms. The minimum absolute atomic E-state index is 0.183. The van der Waals surface area contributed by atoms with Gasteiger partial charge in [-0.1, -0.05) is 11.6 Å². The second-order valence-corrected chi connectivity index (χ2v) is 7.27. The molecule has 0 spiro atoms. The van der Waals surface area contributed by atoms with E-state index in [2.05, 4.69) is 5.32 Å². The van der Waals surface area contributed by atoms with Gasteiger partial charge in [-0.15, -0.1) is 11.8 Å².